The summed E-state index contributed by atoms with van der Waals surface area (Å²) >= 11 is 7.45. The summed E-state index contributed by atoms with van der Waals surface area (Å²) in [5, 5.41) is 12.5. The first-order valence-electron chi connectivity index (χ1n) is 14.3. The molecule has 1 aliphatic heterocycles. The lowest BCUT2D eigenvalue weighted by molar-refractivity contribution is -0.132. The molecule has 1 aliphatic rings. The average molecular weight is 641 g/mol. The summed E-state index contributed by atoms with van der Waals surface area (Å²) < 4.78 is 18.2. The van der Waals surface area contributed by atoms with Crippen LogP contribution in [0.1, 0.15) is 36.1 Å². The van der Waals surface area contributed by atoms with Crippen molar-refractivity contribution >= 4 is 55.7 Å². The molecule has 45 heavy (non-hydrogen) atoms. The van der Waals surface area contributed by atoms with Crippen LogP contribution in [0.25, 0.3) is 16.0 Å². The van der Waals surface area contributed by atoms with Crippen LogP contribution in [0, 0.1) is 0 Å². The zero-order chi connectivity index (χ0) is 31.5. The van der Waals surface area contributed by atoms with Gasteiger partial charge in [0.05, 0.1) is 35.5 Å². The zero-order valence-corrected chi connectivity index (χ0v) is 26.1. The van der Waals surface area contributed by atoms with Gasteiger partial charge in [0, 0.05) is 10.6 Å². The van der Waals surface area contributed by atoms with Gasteiger partial charge in [-0.2, -0.15) is 0 Å². The van der Waals surface area contributed by atoms with E-state index in [0.29, 0.717) is 57.3 Å². The number of nitrogens with zero attached hydrogens (tertiary/aromatic N) is 2. The van der Waals surface area contributed by atoms with Crippen molar-refractivity contribution in [3.8, 4) is 17.2 Å². The van der Waals surface area contributed by atoms with Gasteiger partial charge in [0.25, 0.3) is 5.78 Å². The molecule has 8 nitrogen and oxygen atoms in total. The van der Waals surface area contributed by atoms with Gasteiger partial charge in [-0.3, -0.25) is 14.5 Å². The van der Waals surface area contributed by atoms with Crippen LogP contribution in [0.2, 0.25) is 5.02 Å². The third kappa shape index (κ3) is 6.09. The first kappa shape index (κ1) is 30.2. The Kier molecular flexibility index (Phi) is 8.73. The highest BCUT2D eigenvalue weighted by Crippen LogP contribution is 2.46. The van der Waals surface area contributed by atoms with Crippen LogP contribution in [0.4, 0.5) is 5.13 Å². The number of halogens is 1. The minimum Gasteiger partial charge on any atom is -0.507 e. The fourth-order valence-corrected chi connectivity index (χ4v) is 6.42. The SMILES string of the molecule is CCCOc1cccc(/C(O)=C2\C(=O)C(=O)N(c3nc4ccc(Cl)cc4s3)C2c2ccc(OCc3ccccc3)c(OC)c2)c1. The number of rotatable bonds is 10. The summed E-state index contributed by atoms with van der Waals surface area (Å²) in [6.07, 6.45) is 0.807. The number of carbonyl (C=O) groups is 2. The van der Waals surface area contributed by atoms with Crippen molar-refractivity contribution in [1.29, 1.82) is 0 Å². The lowest BCUT2D eigenvalue weighted by Gasteiger charge is -2.24. The Morgan fingerprint density at radius 2 is 1.78 bits per heavy atom. The standard InChI is InChI=1S/C35H29ClN2O6S/c1-3-16-43-25-11-7-10-23(17-25)32(39)30-31(22-12-15-27(28(18-22)42-2)44-20-21-8-5-4-6-9-21)38(34(41)33(30)40)35-37-26-14-13-24(36)19-29(26)45-35/h4-15,17-19,31,39H,3,16,20H2,1-2H3/b32-30+. The van der Waals surface area contributed by atoms with Crippen molar-refractivity contribution in [3.63, 3.8) is 0 Å². The number of thiazole rings is 1. The van der Waals surface area contributed by atoms with Gasteiger partial charge >= 0.3 is 5.91 Å². The van der Waals surface area contributed by atoms with Crippen LogP contribution in [-0.2, 0) is 16.2 Å². The molecule has 228 valence electrons. The molecule has 0 spiro atoms. The van der Waals surface area contributed by atoms with E-state index in [0.717, 1.165) is 16.7 Å². The molecule has 0 saturated carbocycles. The lowest BCUT2D eigenvalue weighted by Crippen LogP contribution is -2.29. The minimum atomic E-state index is -1.02. The number of ether oxygens (including phenoxy) is 3. The smallest absolute Gasteiger partial charge is 0.301 e. The average Bonchev–Trinajstić information content (AvgIpc) is 3.60. The van der Waals surface area contributed by atoms with E-state index in [1.807, 2.05) is 37.3 Å². The monoisotopic (exact) mass is 640 g/mol. The predicted molar refractivity (Wildman–Crippen MR) is 175 cm³/mol. The van der Waals surface area contributed by atoms with Gasteiger partial charge in [-0.05, 0) is 60.0 Å². The minimum absolute atomic E-state index is 0.0788. The van der Waals surface area contributed by atoms with Gasteiger partial charge in [-0.1, -0.05) is 78.4 Å². The van der Waals surface area contributed by atoms with E-state index >= 15 is 0 Å². The topological polar surface area (TPSA) is 98.2 Å². The number of aliphatic hydroxyl groups is 1. The third-order valence-corrected chi connectivity index (χ3v) is 8.56. The van der Waals surface area contributed by atoms with Crippen molar-refractivity contribution in [2.24, 2.45) is 0 Å². The molecule has 1 atom stereocenters. The van der Waals surface area contributed by atoms with Gasteiger partial charge < -0.3 is 19.3 Å². The largest absolute Gasteiger partial charge is 0.507 e. The van der Waals surface area contributed by atoms with E-state index in [1.54, 1.807) is 60.7 Å². The van der Waals surface area contributed by atoms with E-state index in [2.05, 4.69) is 4.98 Å². The number of methoxy groups -OCH3 is 1. The highest BCUT2D eigenvalue weighted by atomic mass is 35.5. The first-order chi connectivity index (χ1) is 21.9. The molecule has 1 aromatic heterocycles. The van der Waals surface area contributed by atoms with Crippen LogP contribution >= 0.6 is 22.9 Å². The zero-order valence-electron chi connectivity index (χ0n) is 24.5. The number of carbonyl (C=O) groups excluding carboxylic acids is 2. The Hall–Kier alpha value is -4.86. The first-order valence-corrected chi connectivity index (χ1v) is 15.5. The normalized spacial score (nSPS) is 15.9. The number of aliphatic hydroxyl groups excluding tert-OH is 1. The van der Waals surface area contributed by atoms with Gasteiger partial charge in [0.15, 0.2) is 16.6 Å². The number of amides is 1. The number of ketones is 1. The van der Waals surface area contributed by atoms with Gasteiger partial charge in [0.2, 0.25) is 0 Å². The fourth-order valence-electron chi connectivity index (χ4n) is 5.15. The summed E-state index contributed by atoms with van der Waals surface area (Å²) in [4.78, 5) is 33.5. The summed E-state index contributed by atoms with van der Waals surface area (Å²) in [6.45, 7) is 2.81. The molecule has 1 unspecified atom stereocenters. The molecule has 4 aromatic carbocycles. The number of Topliss-reactive ketones (excluding diaryl/α,β-unsaturated/α-hetero) is 1. The maximum atomic E-state index is 13.8. The maximum absolute atomic E-state index is 13.8. The summed E-state index contributed by atoms with van der Waals surface area (Å²) in [7, 11) is 1.52. The van der Waals surface area contributed by atoms with Gasteiger partial charge in [0.1, 0.15) is 18.1 Å². The molecule has 6 rings (SSSR count). The molecule has 1 saturated heterocycles. The number of anilines is 1. The van der Waals surface area contributed by atoms with Crippen molar-refractivity contribution in [2.45, 2.75) is 26.0 Å². The van der Waals surface area contributed by atoms with E-state index in [9.17, 15) is 14.7 Å². The number of fused-ring (bicyclic) bond motifs is 1. The molecule has 10 heteroatoms. The summed E-state index contributed by atoms with van der Waals surface area (Å²) in [5.74, 6) is -0.546. The van der Waals surface area contributed by atoms with Crippen LogP contribution in [-0.4, -0.2) is 35.5 Å². The molecule has 5 aromatic rings. The van der Waals surface area contributed by atoms with E-state index < -0.39 is 17.7 Å². The van der Waals surface area contributed by atoms with Gasteiger partial charge in [-0.15, -0.1) is 0 Å². The lowest BCUT2D eigenvalue weighted by atomic mass is 9.95. The Morgan fingerprint density at radius 1 is 0.956 bits per heavy atom. The summed E-state index contributed by atoms with van der Waals surface area (Å²) in [5.41, 5.74) is 2.40. The maximum Gasteiger partial charge on any atom is 0.301 e. The van der Waals surface area contributed by atoms with Crippen molar-refractivity contribution in [3.05, 3.63) is 118 Å². The molecule has 2 heterocycles. The molecular weight excluding hydrogens is 612 g/mol. The second-order valence-corrected chi connectivity index (χ2v) is 11.8. The van der Waals surface area contributed by atoms with Crippen molar-refractivity contribution in [1.82, 2.24) is 4.98 Å². The van der Waals surface area contributed by atoms with E-state index in [-0.39, 0.29) is 11.3 Å². The predicted octanol–water partition coefficient (Wildman–Crippen LogP) is 7.95. The van der Waals surface area contributed by atoms with Crippen LogP contribution in [0.3, 0.4) is 0 Å². The highest BCUT2D eigenvalue weighted by Gasteiger charge is 2.48. The summed E-state index contributed by atoms with van der Waals surface area (Å²) in [6, 6.07) is 25.9. The molecule has 1 N–H and O–H groups in total. The Morgan fingerprint density at radius 3 is 2.56 bits per heavy atom. The Labute approximate surface area is 269 Å². The molecule has 1 amide bonds. The van der Waals surface area contributed by atoms with Crippen molar-refractivity contribution in [2.75, 3.05) is 18.6 Å². The molecule has 0 radical (unpaired) electrons. The van der Waals surface area contributed by atoms with Gasteiger partial charge in [-0.25, -0.2) is 4.98 Å². The number of benzene rings is 4. The van der Waals surface area contributed by atoms with Crippen LogP contribution in [0.5, 0.6) is 17.2 Å². The second-order valence-electron chi connectivity index (χ2n) is 10.3. The van der Waals surface area contributed by atoms with Crippen LogP contribution < -0.4 is 19.1 Å². The number of aromatic nitrogens is 1. The highest BCUT2D eigenvalue weighted by molar-refractivity contribution is 7.22. The number of hydrogen-bond donors (Lipinski definition) is 1. The fraction of sp³-hybridized carbons (Fsp3) is 0.171. The molecule has 0 bridgehead atoms. The van der Waals surface area contributed by atoms with E-state index in [1.165, 1.54) is 23.3 Å². The Balaban J connectivity index is 1.47. The number of hydrogen-bond acceptors (Lipinski definition) is 8. The van der Waals surface area contributed by atoms with Crippen molar-refractivity contribution < 1.29 is 28.9 Å². The third-order valence-electron chi connectivity index (χ3n) is 7.31. The quantitative estimate of drug-likeness (QED) is 0.0939. The molecule has 0 aliphatic carbocycles. The molecule has 1 fully saturated rings. The van der Waals surface area contributed by atoms with Crippen LogP contribution in [0.15, 0.2) is 96.6 Å². The van der Waals surface area contributed by atoms with E-state index in [4.69, 9.17) is 25.8 Å². The molecular formula is C35H29ClN2O6S. The second kappa shape index (κ2) is 13.0. The Bertz CT molecular complexity index is 1920.